The molecular formula is C17H13BrCl2N4S. The predicted octanol–water partition coefficient (Wildman–Crippen LogP) is 5.81. The molecule has 0 aliphatic rings. The van der Waals surface area contributed by atoms with Crippen molar-refractivity contribution in [2.24, 2.45) is 0 Å². The van der Waals surface area contributed by atoms with Gasteiger partial charge in [0.05, 0.1) is 29.1 Å². The highest BCUT2D eigenvalue weighted by atomic mass is 79.9. The Labute approximate surface area is 169 Å². The van der Waals surface area contributed by atoms with Crippen LogP contribution in [0.15, 0.2) is 59.3 Å². The first-order valence-electron chi connectivity index (χ1n) is 7.29. The van der Waals surface area contributed by atoms with Crippen molar-refractivity contribution in [3.8, 4) is 0 Å². The minimum atomic E-state index is 0.424. The second kappa shape index (κ2) is 8.19. The summed E-state index contributed by atoms with van der Waals surface area (Å²) in [5, 5.41) is 12.0. The molecule has 0 spiro atoms. The van der Waals surface area contributed by atoms with Gasteiger partial charge in [0.25, 0.3) is 0 Å². The Bertz CT molecular complexity index is 896. The molecule has 25 heavy (non-hydrogen) atoms. The van der Waals surface area contributed by atoms with E-state index in [4.69, 9.17) is 35.4 Å². The number of hydrogen-bond acceptors (Lipinski definition) is 2. The lowest BCUT2D eigenvalue weighted by molar-refractivity contribution is 0.687. The summed E-state index contributed by atoms with van der Waals surface area (Å²) in [4.78, 5) is 0. The summed E-state index contributed by atoms with van der Waals surface area (Å²) in [6.07, 6.45) is 3.61. The summed E-state index contributed by atoms with van der Waals surface area (Å²) in [6, 6.07) is 13.3. The average molecular weight is 456 g/mol. The molecule has 0 unspecified atom stereocenters. The molecule has 0 amide bonds. The monoisotopic (exact) mass is 454 g/mol. The third-order valence-electron chi connectivity index (χ3n) is 3.33. The number of benzene rings is 2. The molecule has 0 fully saturated rings. The first-order valence-corrected chi connectivity index (χ1v) is 9.25. The van der Waals surface area contributed by atoms with Crippen molar-refractivity contribution in [1.29, 1.82) is 0 Å². The van der Waals surface area contributed by atoms with Crippen molar-refractivity contribution >= 4 is 67.8 Å². The Morgan fingerprint density at radius 2 is 1.88 bits per heavy atom. The van der Waals surface area contributed by atoms with E-state index in [1.54, 1.807) is 24.4 Å². The molecule has 0 saturated carbocycles. The number of aromatic nitrogens is 2. The molecule has 8 heteroatoms. The van der Waals surface area contributed by atoms with Crippen LogP contribution in [0.4, 0.5) is 11.4 Å². The molecule has 4 nitrogen and oxygen atoms in total. The zero-order chi connectivity index (χ0) is 17.8. The Morgan fingerprint density at radius 1 is 1.12 bits per heavy atom. The topological polar surface area (TPSA) is 41.9 Å². The third-order valence-corrected chi connectivity index (χ3v) is 4.61. The summed E-state index contributed by atoms with van der Waals surface area (Å²) < 4.78 is 2.89. The van der Waals surface area contributed by atoms with Crippen LogP contribution in [0.3, 0.4) is 0 Å². The van der Waals surface area contributed by atoms with Crippen molar-refractivity contribution in [3.63, 3.8) is 0 Å². The summed E-state index contributed by atoms with van der Waals surface area (Å²) in [5.41, 5.74) is 2.64. The van der Waals surface area contributed by atoms with Gasteiger partial charge in [0.2, 0.25) is 0 Å². The lowest BCUT2D eigenvalue weighted by Gasteiger charge is -2.10. The Kier molecular flexibility index (Phi) is 5.96. The standard InChI is InChI=1S/C17H13BrCl2N4S/c18-12-3-1-11(2-4-12)9-24-10-14(8-21-24)22-17(25)23-16-6-5-13(19)7-15(16)20/h1-8,10H,9H2,(H2,22,23,25). The van der Waals surface area contributed by atoms with E-state index < -0.39 is 0 Å². The molecule has 1 aromatic heterocycles. The van der Waals surface area contributed by atoms with E-state index >= 15 is 0 Å². The van der Waals surface area contributed by atoms with Crippen molar-refractivity contribution in [1.82, 2.24) is 9.78 Å². The van der Waals surface area contributed by atoms with Crippen LogP contribution in [0, 0.1) is 0 Å². The highest BCUT2D eigenvalue weighted by Gasteiger charge is 2.06. The van der Waals surface area contributed by atoms with Crippen molar-refractivity contribution in [3.05, 3.63) is 74.9 Å². The highest BCUT2D eigenvalue weighted by Crippen LogP contribution is 2.25. The number of thiocarbonyl (C=S) groups is 1. The first kappa shape index (κ1) is 18.2. The maximum Gasteiger partial charge on any atom is 0.175 e. The number of halogens is 3. The zero-order valence-electron chi connectivity index (χ0n) is 12.8. The van der Waals surface area contributed by atoms with Gasteiger partial charge in [-0.2, -0.15) is 5.10 Å². The van der Waals surface area contributed by atoms with E-state index in [-0.39, 0.29) is 0 Å². The van der Waals surface area contributed by atoms with Crippen molar-refractivity contribution in [2.75, 3.05) is 10.6 Å². The molecule has 0 aliphatic heterocycles. The van der Waals surface area contributed by atoms with Gasteiger partial charge in [-0.1, -0.05) is 51.3 Å². The van der Waals surface area contributed by atoms with Gasteiger partial charge >= 0.3 is 0 Å². The molecule has 128 valence electrons. The van der Waals surface area contributed by atoms with Crippen LogP contribution in [-0.4, -0.2) is 14.9 Å². The van der Waals surface area contributed by atoms with Gasteiger partial charge in [0, 0.05) is 15.7 Å². The molecule has 0 atom stereocenters. The van der Waals surface area contributed by atoms with Crippen LogP contribution >= 0.6 is 51.3 Å². The Balaban J connectivity index is 1.60. The van der Waals surface area contributed by atoms with Crippen LogP contribution in [-0.2, 0) is 6.54 Å². The second-order valence-corrected chi connectivity index (χ2v) is 7.42. The maximum atomic E-state index is 6.13. The van der Waals surface area contributed by atoms with Crippen LogP contribution in [0.1, 0.15) is 5.56 Å². The number of nitrogens with one attached hydrogen (secondary N) is 2. The predicted molar refractivity (Wildman–Crippen MR) is 112 cm³/mol. The smallest absolute Gasteiger partial charge is 0.175 e. The van der Waals surface area contributed by atoms with Gasteiger partial charge in [-0.3, -0.25) is 4.68 Å². The fourth-order valence-electron chi connectivity index (χ4n) is 2.17. The van der Waals surface area contributed by atoms with Crippen LogP contribution in [0.2, 0.25) is 10.0 Å². The summed E-state index contributed by atoms with van der Waals surface area (Å²) >= 11 is 20.8. The molecular weight excluding hydrogens is 443 g/mol. The quantitative estimate of drug-likeness (QED) is 0.487. The summed E-state index contributed by atoms with van der Waals surface area (Å²) in [5.74, 6) is 0. The van der Waals surface area contributed by atoms with E-state index in [1.807, 2.05) is 35.1 Å². The molecule has 2 aromatic carbocycles. The SMILES string of the molecule is S=C(Nc1cnn(Cc2ccc(Br)cc2)c1)Nc1ccc(Cl)cc1Cl. The van der Waals surface area contributed by atoms with E-state index in [0.717, 1.165) is 15.7 Å². The highest BCUT2D eigenvalue weighted by molar-refractivity contribution is 9.10. The lowest BCUT2D eigenvalue weighted by atomic mass is 10.2. The second-order valence-electron chi connectivity index (χ2n) is 5.26. The van der Waals surface area contributed by atoms with Crippen LogP contribution in [0.25, 0.3) is 0 Å². The molecule has 0 aliphatic carbocycles. The number of rotatable bonds is 4. The van der Waals surface area contributed by atoms with Gasteiger partial charge in [0.15, 0.2) is 5.11 Å². The van der Waals surface area contributed by atoms with E-state index in [0.29, 0.717) is 27.4 Å². The van der Waals surface area contributed by atoms with Gasteiger partial charge in [-0.05, 0) is 48.1 Å². The molecule has 1 heterocycles. The molecule has 0 bridgehead atoms. The van der Waals surface area contributed by atoms with Gasteiger partial charge in [-0.25, -0.2) is 0 Å². The van der Waals surface area contributed by atoms with Crippen LogP contribution < -0.4 is 10.6 Å². The molecule has 0 saturated heterocycles. The maximum absolute atomic E-state index is 6.13. The molecule has 2 N–H and O–H groups in total. The fourth-order valence-corrected chi connectivity index (χ4v) is 3.11. The zero-order valence-corrected chi connectivity index (χ0v) is 16.8. The normalized spacial score (nSPS) is 10.5. The molecule has 0 radical (unpaired) electrons. The van der Waals surface area contributed by atoms with Gasteiger partial charge in [0.1, 0.15) is 0 Å². The third kappa shape index (κ3) is 5.19. The molecule has 3 rings (SSSR count). The van der Waals surface area contributed by atoms with Crippen LogP contribution in [0.5, 0.6) is 0 Å². The Hall–Kier alpha value is -1.60. The Morgan fingerprint density at radius 3 is 2.60 bits per heavy atom. The summed E-state index contributed by atoms with van der Waals surface area (Å²) in [6.45, 7) is 0.679. The largest absolute Gasteiger partial charge is 0.331 e. The first-order chi connectivity index (χ1) is 12.0. The fraction of sp³-hybridized carbons (Fsp3) is 0.0588. The van der Waals surface area contributed by atoms with Crippen molar-refractivity contribution < 1.29 is 0 Å². The van der Waals surface area contributed by atoms with Gasteiger partial charge < -0.3 is 10.6 Å². The number of hydrogen-bond donors (Lipinski definition) is 2. The average Bonchev–Trinajstić information content (AvgIpc) is 2.99. The minimum Gasteiger partial charge on any atom is -0.331 e. The van der Waals surface area contributed by atoms with E-state index in [9.17, 15) is 0 Å². The lowest BCUT2D eigenvalue weighted by Crippen LogP contribution is -2.19. The minimum absolute atomic E-state index is 0.424. The number of anilines is 2. The summed E-state index contributed by atoms with van der Waals surface area (Å²) in [7, 11) is 0. The van der Waals surface area contributed by atoms with E-state index in [1.165, 1.54) is 0 Å². The van der Waals surface area contributed by atoms with Crippen molar-refractivity contribution in [2.45, 2.75) is 6.54 Å². The molecule has 3 aromatic rings. The number of nitrogens with zero attached hydrogens (tertiary/aromatic N) is 2. The van der Waals surface area contributed by atoms with Gasteiger partial charge in [-0.15, -0.1) is 0 Å². The van der Waals surface area contributed by atoms with E-state index in [2.05, 4.69) is 31.7 Å².